The summed E-state index contributed by atoms with van der Waals surface area (Å²) >= 11 is 5.96. The molecule has 0 bridgehead atoms. The predicted octanol–water partition coefficient (Wildman–Crippen LogP) is 0.195. The number of aliphatic hydroxyl groups is 2. The van der Waals surface area contributed by atoms with Gasteiger partial charge in [-0.2, -0.15) is 5.10 Å². The number of nitrogens with zero attached hydrogens (tertiary/aromatic N) is 5. The van der Waals surface area contributed by atoms with Gasteiger partial charge in [0.2, 0.25) is 0 Å². The van der Waals surface area contributed by atoms with Gasteiger partial charge in [-0.1, -0.05) is 11.6 Å². The zero-order valence-electron chi connectivity index (χ0n) is 11.0. The molecule has 4 heterocycles. The van der Waals surface area contributed by atoms with Crippen molar-refractivity contribution in [3.63, 3.8) is 0 Å². The number of H-pyrrole nitrogens is 1. The normalized spacial score (nSPS) is 28.5. The van der Waals surface area contributed by atoms with Crippen LogP contribution in [-0.4, -0.2) is 52.1 Å². The van der Waals surface area contributed by atoms with Gasteiger partial charge in [0.1, 0.15) is 30.2 Å². The maximum atomic E-state index is 10.3. The van der Waals surface area contributed by atoms with Crippen LogP contribution in [0, 0.1) is 0 Å². The van der Waals surface area contributed by atoms with E-state index in [4.69, 9.17) is 16.3 Å². The van der Waals surface area contributed by atoms with Crippen LogP contribution in [0.4, 0.5) is 0 Å². The lowest BCUT2D eigenvalue weighted by molar-refractivity contribution is -0.0370. The van der Waals surface area contributed by atoms with E-state index in [0.717, 1.165) is 0 Å². The minimum absolute atomic E-state index is 0.210. The summed E-state index contributed by atoms with van der Waals surface area (Å²) in [5, 5.41) is 27.3. The zero-order chi connectivity index (χ0) is 15.3. The first kappa shape index (κ1) is 13.6. The lowest BCUT2D eigenvalue weighted by Crippen LogP contribution is -2.29. The van der Waals surface area contributed by atoms with Crippen LogP contribution in [0.5, 0.6) is 0 Å². The van der Waals surface area contributed by atoms with Crippen molar-refractivity contribution in [2.75, 3.05) is 0 Å². The molecular weight excluding hydrogens is 312 g/mol. The van der Waals surface area contributed by atoms with Crippen molar-refractivity contribution in [3.05, 3.63) is 35.8 Å². The molecule has 1 fully saturated rings. The van der Waals surface area contributed by atoms with Gasteiger partial charge in [0.15, 0.2) is 17.0 Å². The average Bonchev–Trinajstić information content (AvgIpc) is 3.21. The van der Waals surface area contributed by atoms with E-state index in [-0.39, 0.29) is 5.15 Å². The van der Waals surface area contributed by atoms with Crippen LogP contribution < -0.4 is 0 Å². The van der Waals surface area contributed by atoms with Crippen LogP contribution in [0.2, 0.25) is 5.15 Å². The summed E-state index contributed by atoms with van der Waals surface area (Å²) in [6.07, 6.45) is 0.454. The molecule has 0 unspecified atom stereocenters. The van der Waals surface area contributed by atoms with Gasteiger partial charge in [-0.25, -0.2) is 15.0 Å². The highest BCUT2D eigenvalue weighted by molar-refractivity contribution is 6.33. The Hall–Kier alpha value is -2.07. The number of halogens is 1. The van der Waals surface area contributed by atoms with Crippen molar-refractivity contribution in [3.8, 4) is 0 Å². The first-order valence-corrected chi connectivity index (χ1v) is 6.88. The van der Waals surface area contributed by atoms with Gasteiger partial charge in [-0.05, 0) is 6.07 Å². The number of imidazole rings is 1. The molecule has 0 amide bonds. The number of nitrogens with one attached hydrogen (secondary N) is 1. The molecule has 114 valence electrons. The fraction of sp³-hybridized carbons (Fsp3) is 0.333. The predicted molar refractivity (Wildman–Crippen MR) is 73.8 cm³/mol. The second kappa shape index (κ2) is 4.99. The third kappa shape index (κ3) is 1.91. The highest BCUT2D eigenvalue weighted by atomic mass is 35.5. The smallest absolute Gasteiger partial charge is 0.167 e. The SMILES string of the molecule is O[C@@H]1[C@H](O)[C@@H](c2ccn[nH]2)O[C@H]1n1cnc2c(Cl)ncnc21. The van der Waals surface area contributed by atoms with Crippen LogP contribution in [0.1, 0.15) is 18.0 Å². The quantitative estimate of drug-likeness (QED) is 0.576. The van der Waals surface area contributed by atoms with Crippen LogP contribution in [0.25, 0.3) is 11.2 Å². The molecule has 1 aliphatic heterocycles. The molecule has 4 rings (SSSR count). The van der Waals surface area contributed by atoms with Crippen molar-refractivity contribution in [2.24, 2.45) is 0 Å². The number of hydrogen-bond donors (Lipinski definition) is 3. The molecule has 3 N–H and O–H groups in total. The van der Waals surface area contributed by atoms with Crippen molar-refractivity contribution in [1.29, 1.82) is 0 Å². The van der Waals surface area contributed by atoms with Crippen LogP contribution in [0.15, 0.2) is 24.9 Å². The molecule has 22 heavy (non-hydrogen) atoms. The van der Waals surface area contributed by atoms with E-state index in [0.29, 0.717) is 16.9 Å². The van der Waals surface area contributed by atoms with Gasteiger partial charge in [-0.15, -0.1) is 0 Å². The van der Waals surface area contributed by atoms with Crippen LogP contribution in [-0.2, 0) is 4.74 Å². The Balaban J connectivity index is 1.74. The summed E-state index contributed by atoms with van der Waals surface area (Å²) in [6, 6.07) is 1.67. The zero-order valence-corrected chi connectivity index (χ0v) is 11.8. The second-order valence-corrected chi connectivity index (χ2v) is 5.29. The lowest BCUT2D eigenvalue weighted by atomic mass is 10.1. The molecule has 3 aromatic rings. The highest BCUT2D eigenvalue weighted by Crippen LogP contribution is 2.39. The first-order chi connectivity index (χ1) is 10.7. The summed E-state index contributed by atoms with van der Waals surface area (Å²) in [5.74, 6) is 0. The fourth-order valence-corrected chi connectivity index (χ4v) is 2.76. The summed E-state index contributed by atoms with van der Waals surface area (Å²) in [7, 11) is 0. The van der Waals surface area contributed by atoms with E-state index in [1.54, 1.807) is 12.3 Å². The van der Waals surface area contributed by atoms with Gasteiger partial charge >= 0.3 is 0 Å². The average molecular weight is 323 g/mol. The summed E-state index contributed by atoms with van der Waals surface area (Å²) in [6.45, 7) is 0. The molecule has 1 saturated heterocycles. The highest BCUT2D eigenvalue weighted by Gasteiger charge is 2.45. The molecule has 9 nitrogen and oxygen atoms in total. The largest absolute Gasteiger partial charge is 0.387 e. The lowest BCUT2D eigenvalue weighted by Gasteiger charge is -2.16. The molecule has 3 aromatic heterocycles. The number of fused-ring (bicyclic) bond motifs is 1. The summed E-state index contributed by atoms with van der Waals surface area (Å²) < 4.78 is 7.29. The van der Waals surface area contributed by atoms with Gasteiger partial charge < -0.3 is 14.9 Å². The topological polar surface area (TPSA) is 122 Å². The van der Waals surface area contributed by atoms with Crippen molar-refractivity contribution >= 4 is 22.8 Å². The molecule has 10 heteroatoms. The number of hydrogen-bond acceptors (Lipinski definition) is 7. The number of aromatic amines is 1. The Bertz CT molecular complexity index is 806. The Morgan fingerprint density at radius 3 is 2.86 bits per heavy atom. The number of ether oxygens (including phenoxy) is 1. The fourth-order valence-electron chi connectivity index (χ4n) is 2.58. The maximum Gasteiger partial charge on any atom is 0.167 e. The van der Waals surface area contributed by atoms with Crippen molar-refractivity contribution in [2.45, 2.75) is 24.5 Å². The van der Waals surface area contributed by atoms with E-state index >= 15 is 0 Å². The Morgan fingerprint density at radius 2 is 2.09 bits per heavy atom. The van der Waals surface area contributed by atoms with E-state index in [9.17, 15) is 10.2 Å². The maximum absolute atomic E-state index is 10.3. The van der Waals surface area contributed by atoms with Gasteiger partial charge in [0.25, 0.3) is 0 Å². The number of aliphatic hydroxyl groups excluding tert-OH is 2. The molecule has 0 spiro atoms. The summed E-state index contributed by atoms with van der Waals surface area (Å²) in [5.41, 5.74) is 1.40. The number of aromatic nitrogens is 6. The standard InChI is InChI=1S/C12H11ClN6O3/c13-10-6-11(15-3-14-10)19(4-16-6)12-8(21)7(20)9(22-12)5-1-2-17-18-5/h1-4,7-9,12,20-21H,(H,17,18)/t7-,8+,9+,12+/m0/s1. The first-order valence-electron chi connectivity index (χ1n) is 6.50. The second-order valence-electron chi connectivity index (χ2n) is 4.93. The molecule has 1 aliphatic rings. The van der Waals surface area contributed by atoms with Crippen molar-refractivity contribution < 1.29 is 14.9 Å². The molecule has 0 saturated carbocycles. The molecule has 0 aliphatic carbocycles. The molecule has 0 radical (unpaired) electrons. The van der Waals surface area contributed by atoms with E-state index in [1.165, 1.54) is 17.2 Å². The third-order valence-corrected chi connectivity index (χ3v) is 3.93. The van der Waals surface area contributed by atoms with Crippen LogP contribution in [0.3, 0.4) is 0 Å². The Kier molecular flexibility index (Phi) is 3.08. The monoisotopic (exact) mass is 322 g/mol. The van der Waals surface area contributed by atoms with Gasteiger partial charge in [0.05, 0.1) is 12.0 Å². The molecule has 0 aromatic carbocycles. The Labute approximate surface area is 128 Å². The third-order valence-electron chi connectivity index (χ3n) is 3.66. The van der Waals surface area contributed by atoms with E-state index < -0.39 is 24.5 Å². The molecule has 4 atom stereocenters. The van der Waals surface area contributed by atoms with E-state index in [1.807, 2.05) is 0 Å². The van der Waals surface area contributed by atoms with Gasteiger partial charge in [-0.3, -0.25) is 9.67 Å². The van der Waals surface area contributed by atoms with E-state index in [2.05, 4.69) is 25.1 Å². The molecular formula is C12H11ClN6O3. The minimum atomic E-state index is -1.15. The van der Waals surface area contributed by atoms with Crippen LogP contribution >= 0.6 is 11.6 Å². The minimum Gasteiger partial charge on any atom is -0.387 e. The summed E-state index contributed by atoms with van der Waals surface area (Å²) in [4.78, 5) is 12.1. The van der Waals surface area contributed by atoms with Crippen molar-refractivity contribution in [1.82, 2.24) is 29.7 Å². The number of rotatable bonds is 2. The Morgan fingerprint density at radius 1 is 1.23 bits per heavy atom. The van der Waals surface area contributed by atoms with Gasteiger partial charge in [0, 0.05) is 6.20 Å².